The van der Waals surface area contributed by atoms with Crippen LogP contribution < -0.4 is 5.32 Å². The van der Waals surface area contributed by atoms with Crippen molar-refractivity contribution in [3.05, 3.63) is 17.0 Å². The number of hydrogen-bond acceptors (Lipinski definition) is 4. The summed E-state index contributed by atoms with van der Waals surface area (Å²) >= 11 is 0. The van der Waals surface area contributed by atoms with Gasteiger partial charge in [0.15, 0.2) is 0 Å². The minimum atomic E-state index is -0.708. The molecule has 0 fully saturated rings. The van der Waals surface area contributed by atoms with Crippen LogP contribution in [0.3, 0.4) is 0 Å². The fourth-order valence-corrected chi connectivity index (χ4v) is 1.60. The lowest BCUT2D eigenvalue weighted by molar-refractivity contribution is -0.156. The molecule has 0 saturated heterocycles. The molecule has 0 bridgehead atoms. The minimum Gasteiger partial charge on any atom is -0.458 e. The first-order valence-electron chi connectivity index (χ1n) is 6.17. The van der Waals surface area contributed by atoms with Gasteiger partial charge in [0, 0.05) is 5.69 Å². The highest BCUT2D eigenvalue weighted by Gasteiger charge is 2.25. The molecule has 1 heterocycles. The molecule has 106 valence electrons. The van der Waals surface area contributed by atoms with Crippen molar-refractivity contribution in [2.45, 2.75) is 53.2 Å². The van der Waals surface area contributed by atoms with Gasteiger partial charge in [-0.25, -0.2) is 4.79 Å². The number of esters is 1. The smallest absolute Gasteiger partial charge is 0.328 e. The first-order chi connectivity index (χ1) is 8.61. The molecule has 0 saturated carbocycles. The van der Waals surface area contributed by atoms with Crippen LogP contribution in [-0.4, -0.2) is 33.7 Å². The van der Waals surface area contributed by atoms with Gasteiger partial charge >= 0.3 is 5.97 Å². The number of ether oxygens (including phenoxy) is 1. The number of hydrogen-bond donors (Lipinski definition) is 2. The van der Waals surface area contributed by atoms with Crippen LogP contribution in [0.4, 0.5) is 0 Å². The number of aromatic amines is 1. The van der Waals surface area contributed by atoms with Crippen LogP contribution in [0.5, 0.6) is 0 Å². The summed E-state index contributed by atoms with van der Waals surface area (Å²) in [4.78, 5) is 23.8. The molecule has 6 heteroatoms. The Hall–Kier alpha value is -1.85. The Labute approximate surface area is 112 Å². The second kappa shape index (κ2) is 5.42. The molecule has 0 radical (unpaired) electrons. The van der Waals surface area contributed by atoms with E-state index < -0.39 is 17.6 Å². The number of rotatable bonds is 3. The zero-order chi connectivity index (χ0) is 14.8. The minimum absolute atomic E-state index is 0.331. The molecule has 0 spiro atoms. The Bertz CT molecular complexity index is 466. The normalized spacial score (nSPS) is 12.9. The number of aryl methyl sites for hydroxylation is 2. The van der Waals surface area contributed by atoms with E-state index in [0.29, 0.717) is 17.0 Å². The van der Waals surface area contributed by atoms with Crippen LogP contribution >= 0.6 is 0 Å². The second-order valence-electron chi connectivity index (χ2n) is 5.54. The number of aromatic nitrogens is 2. The van der Waals surface area contributed by atoms with Gasteiger partial charge < -0.3 is 10.1 Å². The molecule has 0 aliphatic carbocycles. The van der Waals surface area contributed by atoms with E-state index in [9.17, 15) is 9.59 Å². The molecule has 6 nitrogen and oxygen atoms in total. The van der Waals surface area contributed by atoms with Crippen molar-refractivity contribution >= 4 is 11.9 Å². The first-order valence-corrected chi connectivity index (χ1v) is 6.17. The summed E-state index contributed by atoms with van der Waals surface area (Å²) < 4.78 is 5.20. The van der Waals surface area contributed by atoms with Crippen LogP contribution in [0.25, 0.3) is 0 Å². The molecule has 19 heavy (non-hydrogen) atoms. The molecule has 0 aliphatic heterocycles. The molecular weight excluding hydrogens is 246 g/mol. The summed E-state index contributed by atoms with van der Waals surface area (Å²) in [5.74, 6) is -0.790. The monoisotopic (exact) mass is 267 g/mol. The van der Waals surface area contributed by atoms with E-state index in [4.69, 9.17) is 4.74 Å². The number of carbonyl (C=O) groups is 2. The Balaban J connectivity index is 2.70. The van der Waals surface area contributed by atoms with Gasteiger partial charge in [0.05, 0.1) is 11.3 Å². The van der Waals surface area contributed by atoms with E-state index in [1.807, 2.05) is 0 Å². The van der Waals surface area contributed by atoms with Gasteiger partial charge in [0.1, 0.15) is 11.6 Å². The van der Waals surface area contributed by atoms with Gasteiger partial charge in [0.2, 0.25) is 0 Å². The molecule has 1 amide bonds. The quantitative estimate of drug-likeness (QED) is 0.813. The highest BCUT2D eigenvalue weighted by molar-refractivity contribution is 5.98. The van der Waals surface area contributed by atoms with Crippen molar-refractivity contribution in [2.24, 2.45) is 0 Å². The standard InChI is InChI=1S/C13H21N3O3/c1-7-10(8(2)16-15-7)11(17)14-9(3)12(18)19-13(4,5)6/h9H,1-6H3,(H,14,17)(H,15,16)/t9-/m1/s1. The third-order valence-corrected chi connectivity index (χ3v) is 2.46. The molecule has 1 atom stereocenters. The van der Waals surface area contributed by atoms with Gasteiger partial charge in [-0.2, -0.15) is 5.10 Å². The Morgan fingerprint density at radius 1 is 1.32 bits per heavy atom. The van der Waals surface area contributed by atoms with E-state index in [0.717, 1.165) is 0 Å². The van der Waals surface area contributed by atoms with Gasteiger partial charge in [-0.15, -0.1) is 0 Å². The van der Waals surface area contributed by atoms with E-state index in [1.165, 1.54) is 0 Å². The lowest BCUT2D eigenvalue weighted by Crippen LogP contribution is -2.42. The Morgan fingerprint density at radius 2 is 1.89 bits per heavy atom. The predicted octanol–water partition coefficient (Wildman–Crippen LogP) is 1.49. The third kappa shape index (κ3) is 4.08. The highest BCUT2D eigenvalue weighted by Crippen LogP contribution is 2.11. The summed E-state index contributed by atoms with van der Waals surface area (Å²) in [6.07, 6.45) is 0. The maximum atomic E-state index is 12.0. The Morgan fingerprint density at radius 3 is 2.32 bits per heavy atom. The van der Waals surface area contributed by atoms with E-state index in [2.05, 4.69) is 15.5 Å². The maximum absolute atomic E-state index is 12.0. The average molecular weight is 267 g/mol. The summed E-state index contributed by atoms with van der Waals surface area (Å²) in [6, 6.07) is -0.708. The van der Waals surface area contributed by atoms with Crippen molar-refractivity contribution < 1.29 is 14.3 Å². The number of nitrogens with zero attached hydrogens (tertiary/aromatic N) is 1. The van der Waals surface area contributed by atoms with Crippen molar-refractivity contribution in [3.63, 3.8) is 0 Å². The van der Waals surface area contributed by atoms with E-state index in [-0.39, 0.29) is 5.91 Å². The van der Waals surface area contributed by atoms with Crippen LogP contribution in [-0.2, 0) is 9.53 Å². The van der Waals surface area contributed by atoms with Crippen molar-refractivity contribution in [3.8, 4) is 0 Å². The van der Waals surface area contributed by atoms with E-state index >= 15 is 0 Å². The fourth-order valence-electron chi connectivity index (χ4n) is 1.60. The highest BCUT2D eigenvalue weighted by atomic mass is 16.6. The molecule has 1 aromatic heterocycles. The topological polar surface area (TPSA) is 84.1 Å². The molecule has 1 rings (SSSR count). The lowest BCUT2D eigenvalue weighted by atomic mass is 10.1. The molecule has 0 aromatic carbocycles. The molecule has 2 N–H and O–H groups in total. The number of H-pyrrole nitrogens is 1. The molecule has 0 unspecified atom stereocenters. The first kappa shape index (κ1) is 15.2. The van der Waals surface area contributed by atoms with Crippen molar-refractivity contribution in [2.75, 3.05) is 0 Å². The average Bonchev–Trinajstić information content (AvgIpc) is 2.55. The van der Waals surface area contributed by atoms with Crippen LogP contribution in [0.15, 0.2) is 0 Å². The number of carbonyl (C=O) groups excluding carboxylic acids is 2. The largest absolute Gasteiger partial charge is 0.458 e. The van der Waals surface area contributed by atoms with Gasteiger partial charge in [0.25, 0.3) is 5.91 Å². The van der Waals surface area contributed by atoms with Crippen LogP contribution in [0, 0.1) is 13.8 Å². The maximum Gasteiger partial charge on any atom is 0.328 e. The summed E-state index contributed by atoms with van der Waals surface area (Å²) in [7, 11) is 0. The van der Waals surface area contributed by atoms with Crippen molar-refractivity contribution in [1.82, 2.24) is 15.5 Å². The SMILES string of the molecule is Cc1n[nH]c(C)c1C(=O)N[C@H](C)C(=O)OC(C)(C)C. The summed E-state index contributed by atoms with van der Waals surface area (Å²) in [5.41, 5.74) is 1.17. The van der Waals surface area contributed by atoms with Gasteiger partial charge in [-0.1, -0.05) is 0 Å². The molecule has 0 aliphatic rings. The third-order valence-electron chi connectivity index (χ3n) is 2.46. The van der Waals surface area contributed by atoms with Gasteiger partial charge in [-0.3, -0.25) is 9.89 Å². The zero-order valence-corrected chi connectivity index (χ0v) is 12.2. The fraction of sp³-hybridized carbons (Fsp3) is 0.615. The number of amides is 1. The molecular formula is C13H21N3O3. The van der Waals surface area contributed by atoms with Crippen LogP contribution in [0.1, 0.15) is 49.4 Å². The lowest BCUT2D eigenvalue weighted by Gasteiger charge is -2.22. The van der Waals surface area contributed by atoms with E-state index in [1.54, 1.807) is 41.5 Å². The second-order valence-corrected chi connectivity index (χ2v) is 5.54. The van der Waals surface area contributed by atoms with Crippen LogP contribution in [0.2, 0.25) is 0 Å². The Kier molecular flexibility index (Phi) is 4.34. The summed E-state index contributed by atoms with van der Waals surface area (Å²) in [6.45, 7) is 10.4. The van der Waals surface area contributed by atoms with Crippen molar-refractivity contribution in [1.29, 1.82) is 0 Å². The van der Waals surface area contributed by atoms with Gasteiger partial charge in [-0.05, 0) is 41.5 Å². The molecule has 1 aromatic rings. The predicted molar refractivity (Wildman–Crippen MR) is 70.8 cm³/mol. The number of nitrogens with one attached hydrogen (secondary N) is 2. The zero-order valence-electron chi connectivity index (χ0n) is 12.2. The summed E-state index contributed by atoms with van der Waals surface area (Å²) in [5, 5.41) is 9.29.